The first-order valence-electron chi connectivity index (χ1n) is 5.56. The van der Waals surface area contributed by atoms with Crippen LogP contribution in [0, 0.1) is 0 Å². The average molecular weight is 290 g/mol. The maximum atomic E-state index is 11.5. The summed E-state index contributed by atoms with van der Waals surface area (Å²) >= 11 is 1.17. The van der Waals surface area contributed by atoms with Gasteiger partial charge >= 0.3 is 11.9 Å². The molecule has 1 aliphatic heterocycles. The van der Waals surface area contributed by atoms with Gasteiger partial charge in [0.2, 0.25) is 5.91 Å². The molecule has 19 heavy (non-hydrogen) atoms. The molecule has 1 atom stereocenters. The van der Waals surface area contributed by atoms with Gasteiger partial charge in [0.15, 0.2) is 0 Å². The highest BCUT2D eigenvalue weighted by molar-refractivity contribution is 8.13. The van der Waals surface area contributed by atoms with Crippen LogP contribution >= 0.6 is 11.8 Å². The Morgan fingerprint density at radius 1 is 1.37 bits per heavy atom. The number of carbonyl (C=O) groups is 4. The molecule has 2 amide bonds. The second-order valence-electron chi connectivity index (χ2n) is 3.91. The summed E-state index contributed by atoms with van der Waals surface area (Å²) in [6, 6.07) is -1.45. The van der Waals surface area contributed by atoms with Gasteiger partial charge in [0.1, 0.15) is 6.04 Å². The van der Waals surface area contributed by atoms with Gasteiger partial charge in [-0.15, -0.1) is 0 Å². The van der Waals surface area contributed by atoms with Crippen molar-refractivity contribution >= 4 is 34.8 Å². The zero-order valence-electron chi connectivity index (χ0n) is 10.00. The minimum atomic E-state index is -1.45. The minimum Gasteiger partial charge on any atom is -0.481 e. The SMILES string of the molecule is O=C(O)CC(NC(=O)CCN1CCSC1=O)C(=O)O. The summed E-state index contributed by atoms with van der Waals surface area (Å²) in [7, 11) is 0. The topological polar surface area (TPSA) is 124 Å². The predicted molar refractivity (Wildman–Crippen MR) is 65.9 cm³/mol. The van der Waals surface area contributed by atoms with Gasteiger partial charge in [0.25, 0.3) is 5.24 Å². The van der Waals surface area contributed by atoms with Crippen LogP contribution in [0.4, 0.5) is 4.79 Å². The van der Waals surface area contributed by atoms with Crippen molar-refractivity contribution < 1.29 is 29.4 Å². The fraction of sp³-hybridized carbons (Fsp3) is 0.600. The molecule has 9 heteroatoms. The molecular formula is C10H14N2O6S. The fourth-order valence-corrected chi connectivity index (χ4v) is 2.36. The Labute approximate surface area is 113 Å². The van der Waals surface area contributed by atoms with Crippen LogP contribution in [0.3, 0.4) is 0 Å². The van der Waals surface area contributed by atoms with E-state index in [-0.39, 0.29) is 18.2 Å². The molecule has 0 aromatic heterocycles. The Morgan fingerprint density at radius 3 is 2.53 bits per heavy atom. The van der Waals surface area contributed by atoms with Crippen LogP contribution < -0.4 is 5.32 Å². The highest BCUT2D eigenvalue weighted by Gasteiger charge is 2.25. The van der Waals surface area contributed by atoms with Gasteiger partial charge < -0.3 is 20.4 Å². The standard InChI is InChI=1S/C10H14N2O6S/c13-7(1-2-12-3-4-19-10(12)18)11-6(9(16)17)5-8(14)15/h6H,1-5H2,(H,11,13)(H,14,15)(H,16,17). The molecule has 1 unspecified atom stereocenters. The third kappa shape index (κ3) is 5.16. The van der Waals surface area contributed by atoms with E-state index in [1.165, 1.54) is 16.7 Å². The molecule has 1 heterocycles. The molecule has 0 spiro atoms. The van der Waals surface area contributed by atoms with Crippen LogP contribution in [0.5, 0.6) is 0 Å². The zero-order chi connectivity index (χ0) is 14.4. The molecular weight excluding hydrogens is 276 g/mol. The lowest BCUT2D eigenvalue weighted by atomic mass is 10.2. The normalized spacial score (nSPS) is 16.2. The largest absolute Gasteiger partial charge is 0.481 e. The number of thioether (sulfide) groups is 1. The summed E-state index contributed by atoms with van der Waals surface area (Å²) < 4.78 is 0. The maximum Gasteiger partial charge on any atom is 0.326 e. The number of carboxylic acid groups (broad SMARTS) is 2. The van der Waals surface area contributed by atoms with E-state index in [1.54, 1.807) is 0 Å². The van der Waals surface area contributed by atoms with Gasteiger partial charge in [0, 0.05) is 25.3 Å². The molecule has 0 radical (unpaired) electrons. The highest BCUT2D eigenvalue weighted by Crippen LogP contribution is 2.16. The van der Waals surface area contributed by atoms with Crippen molar-refractivity contribution in [2.75, 3.05) is 18.8 Å². The molecule has 0 aliphatic carbocycles. The lowest BCUT2D eigenvalue weighted by molar-refractivity contribution is -0.147. The quantitative estimate of drug-likeness (QED) is 0.582. The number of hydrogen-bond donors (Lipinski definition) is 3. The van der Waals surface area contributed by atoms with Gasteiger partial charge in [-0.25, -0.2) is 4.79 Å². The first-order chi connectivity index (χ1) is 8.90. The summed E-state index contributed by atoms with van der Waals surface area (Å²) in [4.78, 5) is 45.4. The molecule has 3 N–H and O–H groups in total. The number of amides is 2. The first kappa shape index (κ1) is 15.3. The van der Waals surface area contributed by atoms with Crippen LogP contribution in [0.15, 0.2) is 0 Å². The van der Waals surface area contributed by atoms with Gasteiger partial charge in [-0.05, 0) is 0 Å². The van der Waals surface area contributed by atoms with Crippen LogP contribution in [0.2, 0.25) is 0 Å². The van der Waals surface area contributed by atoms with E-state index in [0.29, 0.717) is 12.3 Å². The molecule has 8 nitrogen and oxygen atoms in total. The maximum absolute atomic E-state index is 11.5. The van der Waals surface area contributed by atoms with Crippen LogP contribution in [-0.2, 0) is 14.4 Å². The van der Waals surface area contributed by atoms with E-state index in [2.05, 4.69) is 5.32 Å². The minimum absolute atomic E-state index is 0.0459. The summed E-state index contributed by atoms with van der Waals surface area (Å²) in [6.45, 7) is 0.769. The van der Waals surface area contributed by atoms with E-state index in [1.807, 2.05) is 0 Å². The predicted octanol–water partition coefficient (Wildman–Crippen LogP) is -0.411. The summed E-state index contributed by atoms with van der Waals surface area (Å²) in [5, 5.41) is 19.3. The van der Waals surface area contributed by atoms with Crippen molar-refractivity contribution in [1.29, 1.82) is 0 Å². The smallest absolute Gasteiger partial charge is 0.326 e. The third-order valence-corrected chi connectivity index (χ3v) is 3.36. The van der Waals surface area contributed by atoms with Crippen LogP contribution in [-0.4, -0.2) is 63.1 Å². The number of hydrogen-bond acceptors (Lipinski definition) is 5. The van der Waals surface area contributed by atoms with Crippen molar-refractivity contribution in [3.05, 3.63) is 0 Å². The van der Waals surface area contributed by atoms with Crippen molar-refractivity contribution in [2.45, 2.75) is 18.9 Å². The van der Waals surface area contributed by atoms with Crippen molar-refractivity contribution in [3.63, 3.8) is 0 Å². The van der Waals surface area contributed by atoms with E-state index in [0.717, 1.165) is 0 Å². The molecule has 0 saturated carbocycles. The van der Waals surface area contributed by atoms with Crippen molar-refractivity contribution in [2.24, 2.45) is 0 Å². The molecule has 1 aliphatic rings. The van der Waals surface area contributed by atoms with Crippen LogP contribution in [0.1, 0.15) is 12.8 Å². The molecule has 0 bridgehead atoms. The fourth-order valence-electron chi connectivity index (χ4n) is 1.51. The number of aliphatic carboxylic acids is 2. The lowest BCUT2D eigenvalue weighted by Crippen LogP contribution is -2.43. The molecule has 1 fully saturated rings. The van der Waals surface area contributed by atoms with Crippen molar-refractivity contribution in [1.82, 2.24) is 10.2 Å². The lowest BCUT2D eigenvalue weighted by Gasteiger charge is -2.16. The molecule has 1 saturated heterocycles. The number of carbonyl (C=O) groups excluding carboxylic acids is 2. The highest BCUT2D eigenvalue weighted by atomic mass is 32.2. The van der Waals surface area contributed by atoms with E-state index < -0.39 is 30.3 Å². The Bertz CT molecular complexity index is 399. The molecule has 106 valence electrons. The molecule has 1 rings (SSSR count). The second-order valence-corrected chi connectivity index (χ2v) is 4.95. The summed E-state index contributed by atoms with van der Waals surface area (Å²) in [5.41, 5.74) is 0. The number of nitrogens with zero attached hydrogens (tertiary/aromatic N) is 1. The zero-order valence-corrected chi connectivity index (χ0v) is 10.8. The van der Waals surface area contributed by atoms with E-state index >= 15 is 0 Å². The first-order valence-corrected chi connectivity index (χ1v) is 6.54. The third-order valence-electron chi connectivity index (χ3n) is 2.47. The van der Waals surface area contributed by atoms with Gasteiger partial charge in [-0.3, -0.25) is 14.4 Å². The van der Waals surface area contributed by atoms with E-state index in [4.69, 9.17) is 10.2 Å². The Morgan fingerprint density at radius 2 is 2.05 bits per heavy atom. The number of rotatable bonds is 7. The van der Waals surface area contributed by atoms with Gasteiger partial charge in [-0.1, -0.05) is 11.8 Å². The van der Waals surface area contributed by atoms with Gasteiger partial charge in [0.05, 0.1) is 6.42 Å². The Kier molecular flexibility index (Phi) is 5.61. The number of carboxylic acids is 2. The number of nitrogens with one attached hydrogen (secondary N) is 1. The monoisotopic (exact) mass is 290 g/mol. The molecule has 0 aromatic carbocycles. The second kappa shape index (κ2) is 6.98. The average Bonchev–Trinajstić information content (AvgIpc) is 2.70. The van der Waals surface area contributed by atoms with E-state index in [9.17, 15) is 19.2 Å². The summed E-state index contributed by atoms with van der Waals surface area (Å²) in [5.74, 6) is -2.61. The Balaban J connectivity index is 2.37. The van der Waals surface area contributed by atoms with Gasteiger partial charge in [-0.2, -0.15) is 0 Å². The molecule has 0 aromatic rings. The Hall–Kier alpha value is -1.77. The van der Waals surface area contributed by atoms with Crippen LogP contribution in [0.25, 0.3) is 0 Å². The van der Waals surface area contributed by atoms with Crippen molar-refractivity contribution in [3.8, 4) is 0 Å². The summed E-state index contributed by atoms with van der Waals surface area (Å²) in [6.07, 6.45) is -0.727.